The number of aryl methyl sites for hydroxylation is 1. The normalized spacial score (nSPS) is 27.7. The van der Waals surface area contributed by atoms with E-state index in [1.807, 2.05) is 12.3 Å². The Morgan fingerprint density at radius 1 is 1.55 bits per heavy atom. The first-order chi connectivity index (χ1) is 9.55. The van der Waals surface area contributed by atoms with E-state index >= 15 is 0 Å². The van der Waals surface area contributed by atoms with Crippen LogP contribution < -0.4 is 0 Å². The van der Waals surface area contributed by atoms with Gasteiger partial charge in [0.05, 0.1) is 11.3 Å². The van der Waals surface area contributed by atoms with E-state index in [4.69, 9.17) is 4.74 Å². The van der Waals surface area contributed by atoms with Crippen molar-refractivity contribution in [2.24, 2.45) is 5.92 Å². The SMILES string of the molecule is COCCC1(O)CCN(Cc2ncccc2C)CC1C. The van der Waals surface area contributed by atoms with Gasteiger partial charge in [-0.25, -0.2) is 0 Å². The summed E-state index contributed by atoms with van der Waals surface area (Å²) in [6, 6.07) is 4.08. The van der Waals surface area contributed by atoms with Crippen LogP contribution in [0, 0.1) is 12.8 Å². The predicted molar refractivity (Wildman–Crippen MR) is 79.5 cm³/mol. The average molecular weight is 278 g/mol. The molecule has 2 atom stereocenters. The highest BCUT2D eigenvalue weighted by atomic mass is 16.5. The molecule has 2 unspecified atom stereocenters. The number of methoxy groups -OCH3 is 1. The molecular weight excluding hydrogens is 252 g/mol. The monoisotopic (exact) mass is 278 g/mol. The maximum atomic E-state index is 10.7. The van der Waals surface area contributed by atoms with Gasteiger partial charge < -0.3 is 9.84 Å². The molecule has 4 heteroatoms. The van der Waals surface area contributed by atoms with E-state index in [0.717, 1.165) is 38.2 Å². The summed E-state index contributed by atoms with van der Waals surface area (Å²) in [5.74, 6) is 0.260. The Labute approximate surface area is 121 Å². The molecule has 1 fully saturated rings. The molecule has 1 aromatic heterocycles. The third-order valence-corrected chi connectivity index (χ3v) is 4.54. The van der Waals surface area contributed by atoms with Crippen LogP contribution in [-0.2, 0) is 11.3 Å². The minimum Gasteiger partial charge on any atom is -0.389 e. The van der Waals surface area contributed by atoms with E-state index in [1.54, 1.807) is 7.11 Å². The molecule has 2 rings (SSSR count). The Bertz CT molecular complexity index is 438. The summed E-state index contributed by atoms with van der Waals surface area (Å²) < 4.78 is 5.11. The molecule has 0 spiro atoms. The fourth-order valence-electron chi connectivity index (χ4n) is 2.94. The summed E-state index contributed by atoms with van der Waals surface area (Å²) in [5.41, 5.74) is 1.80. The summed E-state index contributed by atoms with van der Waals surface area (Å²) in [6.07, 6.45) is 3.38. The minimum atomic E-state index is -0.578. The van der Waals surface area contributed by atoms with Crippen LogP contribution in [0.25, 0.3) is 0 Å². The van der Waals surface area contributed by atoms with Crippen LogP contribution in [0.2, 0.25) is 0 Å². The van der Waals surface area contributed by atoms with E-state index in [9.17, 15) is 5.11 Å². The van der Waals surface area contributed by atoms with Crippen LogP contribution >= 0.6 is 0 Å². The van der Waals surface area contributed by atoms with Gasteiger partial charge in [-0.1, -0.05) is 13.0 Å². The lowest BCUT2D eigenvalue weighted by molar-refractivity contribution is -0.0829. The molecule has 112 valence electrons. The number of likely N-dealkylation sites (tertiary alicyclic amines) is 1. The van der Waals surface area contributed by atoms with Crippen molar-refractivity contribution in [1.82, 2.24) is 9.88 Å². The van der Waals surface area contributed by atoms with Crippen molar-refractivity contribution in [2.75, 3.05) is 26.8 Å². The summed E-state index contributed by atoms with van der Waals surface area (Å²) in [5, 5.41) is 10.7. The van der Waals surface area contributed by atoms with Crippen molar-refractivity contribution in [3.05, 3.63) is 29.6 Å². The molecule has 20 heavy (non-hydrogen) atoms. The summed E-state index contributed by atoms with van der Waals surface area (Å²) in [6.45, 7) is 7.56. The number of piperidine rings is 1. The van der Waals surface area contributed by atoms with Crippen LogP contribution in [0.1, 0.15) is 31.0 Å². The fourth-order valence-corrected chi connectivity index (χ4v) is 2.94. The Morgan fingerprint density at radius 2 is 2.35 bits per heavy atom. The maximum absolute atomic E-state index is 10.7. The lowest BCUT2D eigenvalue weighted by Crippen LogP contribution is -2.51. The van der Waals surface area contributed by atoms with Gasteiger partial charge in [0.2, 0.25) is 0 Å². The van der Waals surface area contributed by atoms with E-state index in [2.05, 4.69) is 29.8 Å². The first kappa shape index (κ1) is 15.4. The molecule has 1 aromatic rings. The predicted octanol–water partition coefficient (Wildman–Crippen LogP) is 2.00. The summed E-state index contributed by atoms with van der Waals surface area (Å²) >= 11 is 0. The number of hydrogen-bond donors (Lipinski definition) is 1. The minimum absolute atomic E-state index is 0.260. The van der Waals surface area contributed by atoms with Gasteiger partial charge in [0, 0.05) is 39.5 Å². The quantitative estimate of drug-likeness (QED) is 0.895. The topological polar surface area (TPSA) is 45.6 Å². The highest BCUT2D eigenvalue weighted by Gasteiger charge is 2.38. The molecule has 2 heterocycles. The van der Waals surface area contributed by atoms with Gasteiger partial charge in [0.25, 0.3) is 0 Å². The van der Waals surface area contributed by atoms with Crippen molar-refractivity contribution in [3.8, 4) is 0 Å². The molecule has 0 saturated carbocycles. The van der Waals surface area contributed by atoms with E-state index in [1.165, 1.54) is 5.56 Å². The van der Waals surface area contributed by atoms with Gasteiger partial charge >= 0.3 is 0 Å². The smallest absolute Gasteiger partial charge is 0.0719 e. The first-order valence-corrected chi connectivity index (χ1v) is 7.39. The molecule has 4 nitrogen and oxygen atoms in total. The standard InChI is InChI=1S/C16H26N2O2/c1-13-5-4-8-17-15(13)12-18-9-6-16(19,7-10-20-3)14(2)11-18/h4-5,8,14,19H,6-7,9-12H2,1-3H3. The zero-order valence-corrected chi connectivity index (χ0v) is 12.8. The number of hydrogen-bond acceptors (Lipinski definition) is 4. The van der Waals surface area contributed by atoms with Gasteiger partial charge in [-0.05, 0) is 37.3 Å². The molecule has 0 amide bonds. The Balaban J connectivity index is 1.94. The first-order valence-electron chi connectivity index (χ1n) is 7.39. The van der Waals surface area contributed by atoms with Gasteiger partial charge in [0.1, 0.15) is 0 Å². The molecule has 1 N–H and O–H groups in total. The number of aromatic nitrogens is 1. The van der Waals surface area contributed by atoms with Crippen molar-refractivity contribution < 1.29 is 9.84 Å². The number of pyridine rings is 1. The van der Waals surface area contributed by atoms with E-state index < -0.39 is 5.60 Å². The van der Waals surface area contributed by atoms with Crippen molar-refractivity contribution in [3.63, 3.8) is 0 Å². The Morgan fingerprint density at radius 3 is 3.00 bits per heavy atom. The van der Waals surface area contributed by atoms with Crippen LogP contribution in [0.15, 0.2) is 18.3 Å². The average Bonchev–Trinajstić information content (AvgIpc) is 2.44. The van der Waals surface area contributed by atoms with Crippen LogP contribution in [0.5, 0.6) is 0 Å². The molecule has 1 aliphatic heterocycles. The molecule has 1 aliphatic rings. The maximum Gasteiger partial charge on any atom is 0.0719 e. The highest BCUT2D eigenvalue weighted by Crippen LogP contribution is 2.31. The van der Waals surface area contributed by atoms with Crippen LogP contribution in [0.3, 0.4) is 0 Å². The van der Waals surface area contributed by atoms with Gasteiger partial charge in [-0.3, -0.25) is 9.88 Å². The lowest BCUT2D eigenvalue weighted by atomic mass is 9.80. The van der Waals surface area contributed by atoms with Crippen LogP contribution in [-0.4, -0.2) is 47.4 Å². The molecule has 0 aromatic carbocycles. The van der Waals surface area contributed by atoms with Crippen LogP contribution in [0.4, 0.5) is 0 Å². The lowest BCUT2D eigenvalue weighted by Gasteiger charge is -2.43. The molecule has 1 saturated heterocycles. The highest BCUT2D eigenvalue weighted by molar-refractivity contribution is 5.17. The van der Waals surface area contributed by atoms with Crippen molar-refractivity contribution in [1.29, 1.82) is 0 Å². The second-order valence-corrected chi connectivity index (χ2v) is 6.00. The van der Waals surface area contributed by atoms with Gasteiger partial charge in [-0.15, -0.1) is 0 Å². The summed E-state index contributed by atoms with van der Waals surface area (Å²) in [4.78, 5) is 6.85. The number of nitrogens with zero attached hydrogens (tertiary/aromatic N) is 2. The second-order valence-electron chi connectivity index (χ2n) is 6.00. The fraction of sp³-hybridized carbons (Fsp3) is 0.688. The number of aliphatic hydroxyl groups is 1. The van der Waals surface area contributed by atoms with Gasteiger partial charge in [-0.2, -0.15) is 0 Å². The zero-order valence-electron chi connectivity index (χ0n) is 12.8. The molecule has 0 aliphatic carbocycles. The summed E-state index contributed by atoms with van der Waals surface area (Å²) in [7, 11) is 1.69. The third kappa shape index (κ3) is 3.57. The second kappa shape index (κ2) is 6.66. The van der Waals surface area contributed by atoms with Crippen molar-refractivity contribution in [2.45, 2.75) is 38.8 Å². The molecule has 0 bridgehead atoms. The third-order valence-electron chi connectivity index (χ3n) is 4.54. The molecule has 0 radical (unpaired) electrons. The molecular formula is C16H26N2O2. The number of ether oxygens (including phenoxy) is 1. The van der Waals surface area contributed by atoms with Crippen molar-refractivity contribution >= 4 is 0 Å². The van der Waals surface area contributed by atoms with E-state index in [-0.39, 0.29) is 5.92 Å². The Hall–Kier alpha value is -0.970. The zero-order chi connectivity index (χ0) is 14.6. The number of rotatable bonds is 5. The van der Waals surface area contributed by atoms with Gasteiger partial charge in [0.15, 0.2) is 0 Å². The Kier molecular flexibility index (Phi) is 5.13. The van der Waals surface area contributed by atoms with E-state index in [0.29, 0.717) is 6.61 Å². The largest absolute Gasteiger partial charge is 0.389 e.